The Morgan fingerprint density at radius 2 is 1.97 bits per heavy atom. The summed E-state index contributed by atoms with van der Waals surface area (Å²) in [7, 11) is 0. The van der Waals surface area contributed by atoms with E-state index >= 15 is 0 Å². The van der Waals surface area contributed by atoms with Gasteiger partial charge in [0.1, 0.15) is 29.9 Å². The van der Waals surface area contributed by atoms with Crippen LogP contribution in [0.1, 0.15) is 32.3 Å². The van der Waals surface area contributed by atoms with Crippen LogP contribution in [-0.2, 0) is 11.2 Å². The van der Waals surface area contributed by atoms with Crippen LogP contribution in [0, 0.1) is 0 Å². The Hall–Kier alpha value is -3.46. The van der Waals surface area contributed by atoms with E-state index in [4.69, 9.17) is 16.2 Å². The number of nitrogen functional groups attached to an aromatic ring is 1. The quantitative estimate of drug-likeness (QED) is 0.529. The van der Waals surface area contributed by atoms with E-state index in [0.29, 0.717) is 41.8 Å². The van der Waals surface area contributed by atoms with Gasteiger partial charge in [-0.05, 0) is 54.5 Å². The average molecular weight is 422 g/mol. The van der Waals surface area contributed by atoms with Gasteiger partial charge in [-0.2, -0.15) is 0 Å². The van der Waals surface area contributed by atoms with Gasteiger partial charge in [0.25, 0.3) is 0 Å². The van der Waals surface area contributed by atoms with Crippen LogP contribution in [0.2, 0.25) is 0 Å². The Kier molecular flexibility index (Phi) is 5.60. The molecule has 9 heteroatoms. The van der Waals surface area contributed by atoms with Crippen molar-refractivity contribution in [3.8, 4) is 0 Å². The van der Waals surface area contributed by atoms with Gasteiger partial charge >= 0.3 is 6.09 Å². The molecule has 1 saturated heterocycles. The maximum absolute atomic E-state index is 11.9. The zero-order valence-electron chi connectivity index (χ0n) is 17.8. The highest BCUT2D eigenvalue weighted by Gasteiger charge is 2.25. The van der Waals surface area contributed by atoms with Gasteiger partial charge in [-0.25, -0.2) is 19.7 Å². The van der Waals surface area contributed by atoms with Gasteiger partial charge in [-0.1, -0.05) is 13.8 Å². The third-order valence-electron chi connectivity index (χ3n) is 5.81. The molecule has 1 aliphatic rings. The fourth-order valence-corrected chi connectivity index (χ4v) is 3.66. The molecule has 0 unspecified atom stereocenters. The van der Waals surface area contributed by atoms with Gasteiger partial charge < -0.3 is 21.5 Å². The number of rotatable bonds is 7. The molecule has 0 saturated carbocycles. The van der Waals surface area contributed by atoms with E-state index in [1.165, 1.54) is 4.90 Å². The minimum absolute atomic E-state index is 0.225. The Bertz CT molecular complexity index is 1110. The van der Waals surface area contributed by atoms with E-state index < -0.39 is 6.09 Å². The number of anilines is 4. The number of nitrogens with zero attached hydrogens (tertiary/aromatic N) is 4. The van der Waals surface area contributed by atoms with E-state index in [1.54, 1.807) is 18.5 Å². The second-order valence-corrected chi connectivity index (χ2v) is 7.84. The molecule has 31 heavy (non-hydrogen) atoms. The molecule has 1 fully saturated rings. The largest absolute Gasteiger partial charge is 0.447 e. The van der Waals surface area contributed by atoms with Crippen molar-refractivity contribution >= 4 is 40.1 Å². The number of nitrogens with two attached hydrogens (primary N) is 2. The van der Waals surface area contributed by atoms with Crippen molar-refractivity contribution in [2.75, 3.05) is 29.1 Å². The van der Waals surface area contributed by atoms with Gasteiger partial charge in [-0.3, -0.25) is 4.90 Å². The summed E-state index contributed by atoms with van der Waals surface area (Å²) in [5, 5.41) is 4.77. The number of ether oxygens (including phenoxy) is 1. The van der Waals surface area contributed by atoms with Crippen molar-refractivity contribution in [1.29, 1.82) is 0 Å². The van der Waals surface area contributed by atoms with Gasteiger partial charge in [0.2, 0.25) is 0 Å². The second-order valence-electron chi connectivity index (χ2n) is 7.84. The van der Waals surface area contributed by atoms with Crippen molar-refractivity contribution in [3.63, 3.8) is 0 Å². The maximum atomic E-state index is 11.9. The second kappa shape index (κ2) is 8.35. The standard InChI is InChI=1S/C22H27N7O2/c1-3-22(24,4-2)12-14-5-6-25-17(9-14)27-18-10-15-11-19(29-7-8-31-21(29)30)28-20(23)16(15)13-26-18/h5-6,9-11,13H,3-4,7-8,12,24H2,1-2H3,(H2,23,28)(H,25,26,27). The van der Waals surface area contributed by atoms with E-state index in [1.807, 2.05) is 18.2 Å². The number of aromatic nitrogens is 3. The summed E-state index contributed by atoms with van der Waals surface area (Å²) >= 11 is 0. The first kappa shape index (κ1) is 20.8. The summed E-state index contributed by atoms with van der Waals surface area (Å²) in [6, 6.07) is 7.64. The zero-order valence-corrected chi connectivity index (χ0v) is 17.8. The van der Waals surface area contributed by atoms with Crippen LogP contribution in [0.5, 0.6) is 0 Å². The molecule has 0 aliphatic carbocycles. The van der Waals surface area contributed by atoms with Crippen LogP contribution in [0.25, 0.3) is 10.8 Å². The van der Waals surface area contributed by atoms with E-state index in [-0.39, 0.29) is 5.54 Å². The first-order chi connectivity index (χ1) is 14.9. The van der Waals surface area contributed by atoms with Crippen LogP contribution in [0.15, 0.2) is 36.7 Å². The normalized spacial score (nSPS) is 14.2. The number of hydrogen-bond donors (Lipinski definition) is 3. The molecule has 0 radical (unpaired) electrons. The van der Waals surface area contributed by atoms with Crippen molar-refractivity contribution in [2.24, 2.45) is 5.73 Å². The number of amides is 1. The molecule has 4 rings (SSSR count). The van der Waals surface area contributed by atoms with Gasteiger partial charge in [0.05, 0.1) is 6.54 Å². The van der Waals surface area contributed by atoms with Crippen LogP contribution in [0.4, 0.5) is 28.1 Å². The van der Waals surface area contributed by atoms with Crippen molar-refractivity contribution in [1.82, 2.24) is 15.0 Å². The number of cyclic esters (lactones) is 1. The summed E-state index contributed by atoms with van der Waals surface area (Å²) in [5.41, 5.74) is 13.5. The highest BCUT2D eigenvalue weighted by Crippen LogP contribution is 2.28. The summed E-state index contributed by atoms with van der Waals surface area (Å²) in [4.78, 5) is 26.5. The molecule has 1 amide bonds. The highest BCUT2D eigenvalue weighted by atomic mass is 16.6. The summed E-state index contributed by atoms with van der Waals surface area (Å²) < 4.78 is 5.00. The van der Waals surface area contributed by atoms with Gasteiger partial charge in [-0.15, -0.1) is 0 Å². The lowest BCUT2D eigenvalue weighted by atomic mass is 9.87. The van der Waals surface area contributed by atoms with E-state index in [0.717, 1.165) is 30.2 Å². The fraction of sp³-hybridized carbons (Fsp3) is 0.364. The Balaban J connectivity index is 1.60. The minimum atomic E-state index is -0.421. The van der Waals surface area contributed by atoms with E-state index in [2.05, 4.69) is 34.1 Å². The predicted octanol–water partition coefficient (Wildman–Crippen LogP) is 3.37. The average Bonchev–Trinajstić information content (AvgIpc) is 3.19. The summed E-state index contributed by atoms with van der Waals surface area (Å²) in [6.45, 7) is 5.00. The molecule has 0 atom stereocenters. The smallest absolute Gasteiger partial charge is 0.415 e. The third kappa shape index (κ3) is 4.36. The van der Waals surface area contributed by atoms with Crippen molar-refractivity contribution in [2.45, 2.75) is 38.6 Å². The number of carbonyl (C=O) groups is 1. The number of fused-ring (bicyclic) bond motifs is 1. The Morgan fingerprint density at radius 3 is 2.68 bits per heavy atom. The van der Waals surface area contributed by atoms with Gasteiger partial charge in [0.15, 0.2) is 0 Å². The zero-order chi connectivity index (χ0) is 22.0. The molecule has 4 heterocycles. The molecule has 5 N–H and O–H groups in total. The Labute approximate surface area is 180 Å². The molecule has 162 valence electrons. The van der Waals surface area contributed by atoms with Crippen LogP contribution in [-0.4, -0.2) is 39.7 Å². The molecular weight excluding hydrogens is 394 g/mol. The molecule has 9 nitrogen and oxygen atoms in total. The molecule has 0 aromatic carbocycles. The first-order valence-electron chi connectivity index (χ1n) is 10.4. The van der Waals surface area contributed by atoms with E-state index in [9.17, 15) is 4.79 Å². The molecule has 3 aromatic rings. The number of pyridine rings is 3. The van der Waals surface area contributed by atoms with Crippen LogP contribution in [0.3, 0.4) is 0 Å². The molecule has 1 aliphatic heterocycles. The molecule has 0 bridgehead atoms. The minimum Gasteiger partial charge on any atom is -0.447 e. The lowest BCUT2D eigenvalue weighted by Crippen LogP contribution is -2.40. The lowest BCUT2D eigenvalue weighted by molar-refractivity contribution is 0.181. The molecule has 3 aromatic heterocycles. The van der Waals surface area contributed by atoms with Crippen molar-refractivity contribution < 1.29 is 9.53 Å². The van der Waals surface area contributed by atoms with Gasteiger partial charge in [0, 0.05) is 23.3 Å². The fourth-order valence-electron chi connectivity index (χ4n) is 3.66. The lowest BCUT2D eigenvalue weighted by Gasteiger charge is -2.26. The van der Waals surface area contributed by atoms with Crippen LogP contribution >= 0.6 is 0 Å². The van der Waals surface area contributed by atoms with Crippen LogP contribution < -0.4 is 21.7 Å². The monoisotopic (exact) mass is 421 g/mol. The number of carbonyl (C=O) groups excluding carboxylic acids is 1. The topological polar surface area (TPSA) is 132 Å². The SMILES string of the molecule is CCC(N)(CC)Cc1ccnc(Nc2cc3cc(N4CCOC4=O)nc(N)c3cn2)c1. The maximum Gasteiger partial charge on any atom is 0.415 e. The summed E-state index contributed by atoms with van der Waals surface area (Å²) in [5.74, 6) is 2.07. The molecular formula is C22H27N7O2. The Morgan fingerprint density at radius 1 is 1.19 bits per heavy atom. The first-order valence-corrected chi connectivity index (χ1v) is 10.4. The predicted molar refractivity (Wildman–Crippen MR) is 121 cm³/mol. The molecule has 0 spiro atoms. The third-order valence-corrected chi connectivity index (χ3v) is 5.81. The summed E-state index contributed by atoms with van der Waals surface area (Å²) in [6.07, 6.45) is 5.60. The number of hydrogen-bond acceptors (Lipinski definition) is 8. The van der Waals surface area contributed by atoms with Crippen molar-refractivity contribution in [3.05, 3.63) is 42.2 Å². The highest BCUT2D eigenvalue weighted by molar-refractivity contribution is 5.97. The number of nitrogens with one attached hydrogen (secondary N) is 1.